The van der Waals surface area contributed by atoms with Crippen LogP contribution in [0.15, 0.2) is 54.7 Å². The Morgan fingerprint density at radius 1 is 1.16 bits per heavy atom. The molecular weight excluding hydrogens is 314 g/mol. The molecular formula is C20H25N3O2. The van der Waals surface area contributed by atoms with Crippen molar-refractivity contribution in [1.29, 1.82) is 0 Å². The molecule has 0 radical (unpaired) electrons. The molecule has 1 saturated heterocycles. The van der Waals surface area contributed by atoms with E-state index in [-0.39, 0.29) is 18.4 Å². The lowest BCUT2D eigenvalue weighted by atomic mass is 10.0. The maximum atomic E-state index is 12.2. The zero-order valence-electron chi connectivity index (χ0n) is 14.3. The monoisotopic (exact) mass is 339 g/mol. The average molecular weight is 339 g/mol. The summed E-state index contributed by atoms with van der Waals surface area (Å²) in [5.74, 6) is -0.0838. The van der Waals surface area contributed by atoms with Crippen molar-refractivity contribution >= 4 is 5.91 Å². The number of pyridine rings is 1. The quantitative estimate of drug-likeness (QED) is 0.847. The summed E-state index contributed by atoms with van der Waals surface area (Å²) in [5, 5.41) is 13.2. The summed E-state index contributed by atoms with van der Waals surface area (Å²) in [6.45, 7) is 2.75. The van der Waals surface area contributed by atoms with Gasteiger partial charge >= 0.3 is 0 Å². The van der Waals surface area contributed by atoms with E-state index in [0.29, 0.717) is 0 Å². The molecule has 1 aromatic carbocycles. The Morgan fingerprint density at radius 3 is 2.56 bits per heavy atom. The molecule has 1 atom stereocenters. The minimum absolute atomic E-state index is 0.0838. The van der Waals surface area contributed by atoms with Crippen molar-refractivity contribution in [2.75, 3.05) is 13.1 Å². The molecule has 1 aliphatic heterocycles. The van der Waals surface area contributed by atoms with Crippen LogP contribution in [0, 0.1) is 0 Å². The number of benzene rings is 1. The number of carbonyl (C=O) groups excluding carboxylic acids is 1. The fraction of sp³-hybridized carbons (Fsp3) is 0.400. The van der Waals surface area contributed by atoms with E-state index < -0.39 is 6.10 Å². The van der Waals surface area contributed by atoms with Crippen molar-refractivity contribution in [3.8, 4) is 0 Å². The zero-order chi connectivity index (χ0) is 17.5. The van der Waals surface area contributed by atoms with Gasteiger partial charge in [-0.05, 0) is 30.5 Å². The molecule has 1 amide bonds. The smallest absolute Gasteiger partial charge is 0.223 e. The average Bonchev–Trinajstić information content (AvgIpc) is 2.65. The normalized spacial score (nSPS) is 17.2. The number of piperidine rings is 1. The van der Waals surface area contributed by atoms with E-state index in [2.05, 4.69) is 15.2 Å². The Bertz CT molecular complexity index is 655. The van der Waals surface area contributed by atoms with E-state index in [4.69, 9.17) is 0 Å². The van der Waals surface area contributed by atoms with Crippen molar-refractivity contribution < 1.29 is 9.90 Å². The van der Waals surface area contributed by atoms with Crippen molar-refractivity contribution in [2.24, 2.45) is 0 Å². The summed E-state index contributed by atoms with van der Waals surface area (Å²) >= 11 is 0. The minimum Gasteiger partial charge on any atom is -0.388 e. The van der Waals surface area contributed by atoms with Gasteiger partial charge in [0.1, 0.15) is 0 Å². The highest BCUT2D eigenvalue weighted by Gasteiger charge is 2.22. The molecule has 25 heavy (non-hydrogen) atoms. The van der Waals surface area contributed by atoms with Crippen LogP contribution in [0.1, 0.15) is 36.6 Å². The molecule has 1 unspecified atom stereocenters. The predicted molar refractivity (Wildman–Crippen MR) is 96.7 cm³/mol. The first-order chi connectivity index (χ1) is 12.2. The van der Waals surface area contributed by atoms with Crippen molar-refractivity contribution in [3.63, 3.8) is 0 Å². The van der Waals surface area contributed by atoms with Gasteiger partial charge in [0.15, 0.2) is 0 Å². The Balaban J connectivity index is 1.40. The summed E-state index contributed by atoms with van der Waals surface area (Å²) in [7, 11) is 0. The molecule has 0 spiro atoms. The van der Waals surface area contributed by atoms with Gasteiger partial charge in [-0.3, -0.25) is 14.7 Å². The first-order valence-electron chi connectivity index (χ1n) is 8.85. The first kappa shape index (κ1) is 17.6. The Morgan fingerprint density at radius 2 is 1.88 bits per heavy atom. The van der Waals surface area contributed by atoms with Crippen LogP contribution in [0.3, 0.4) is 0 Å². The van der Waals surface area contributed by atoms with E-state index in [1.165, 1.54) is 0 Å². The zero-order valence-corrected chi connectivity index (χ0v) is 14.3. The highest BCUT2D eigenvalue weighted by molar-refractivity contribution is 5.77. The number of nitrogens with zero attached hydrogens (tertiary/aromatic N) is 2. The molecule has 1 aliphatic rings. The third-order valence-electron chi connectivity index (χ3n) is 4.63. The fourth-order valence-corrected chi connectivity index (χ4v) is 3.21. The highest BCUT2D eigenvalue weighted by Crippen LogP contribution is 2.17. The number of aromatic nitrogens is 1. The number of rotatable bonds is 6. The maximum Gasteiger partial charge on any atom is 0.223 e. The Hall–Kier alpha value is -2.24. The minimum atomic E-state index is -0.745. The number of amides is 1. The number of likely N-dealkylation sites (tertiary alicyclic amines) is 1. The first-order valence-corrected chi connectivity index (χ1v) is 8.85. The second kappa shape index (κ2) is 8.74. The Kier molecular flexibility index (Phi) is 6.14. The van der Waals surface area contributed by atoms with Crippen LogP contribution in [0.2, 0.25) is 0 Å². The maximum absolute atomic E-state index is 12.2. The van der Waals surface area contributed by atoms with Gasteiger partial charge in [0.25, 0.3) is 0 Å². The van der Waals surface area contributed by atoms with Crippen molar-refractivity contribution in [3.05, 3.63) is 66.0 Å². The van der Waals surface area contributed by atoms with Crippen LogP contribution >= 0.6 is 0 Å². The highest BCUT2D eigenvalue weighted by atomic mass is 16.3. The molecule has 0 saturated carbocycles. The molecule has 1 fully saturated rings. The third-order valence-corrected chi connectivity index (χ3v) is 4.63. The van der Waals surface area contributed by atoms with Gasteiger partial charge in [-0.1, -0.05) is 36.4 Å². The predicted octanol–water partition coefficient (Wildman–Crippen LogP) is 2.29. The number of aliphatic hydroxyl groups is 1. The van der Waals surface area contributed by atoms with Gasteiger partial charge in [0.05, 0.1) is 18.2 Å². The summed E-state index contributed by atoms with van der Waals surface area (Å²) < 4.78 is 0. The van der Waals surface area contributed by atoms with E-state index in [1.807, 2.05) is 54.7 Å². The van der Waals surface area contributed by atoms with Gasteiger partial charge < -0.3 is 10.4 Å². The van der Waals surface area contributed by atoms with E-state index in [0.717, 1.165) is 43.7 Å². The summed E-state index contributed by atoms with van der Waals surface area (Å²) in [6, 6.07) is 15.5. The van der Waals surface area contributed by atoms with Crippen LogP contribution in [0.5, 0.6) is 0 Å². The van der Waals surface area contributed by atoms with Crippen LogP contribution < -0.4 is 5.32 Å². The van der Waals surface area contributed by atoms with Crippen molar-refractivity contribution in [2.45, 2.75) is 38.0 Å². The lowest BCUT2D eigenvalue weighted by molar-refractivity contribution is -0.124. The van der Waals surface area contributed by atoms with Crippen LogP contribution in [0.25, 0.3) is 0 Å². The Labute approximate surface area is 148 Å². The molecule has 2 N–H and O–H groups in total. The summed E-state index contributed by atoms with van der Waals surface area (Å²) in [5.41, 5.74) is 1.86. The number of nitrogens with one attached hydrogen (secondary N) is 1. The summed E-state index contributed by atoms with van der Waals surface area (Å²) in [4.78, 5) is 18.9. The molecule has 5 nitrogen and oxygen atoms in total. The molecule has 2 heterocycles. The molecule has 0 aliphatic carbocycles. The van der Waals surface area contributed by atoms with E-state index in [1.54, 1.807) is 0 Å². The SMILES string of the molecule is O=C(CC(O)c1ccccc1)NC1CCN(Cc2ccccn2)CC1. The molecule has 0 bridgehead atoms. The fourth-order valence-electron chi connectivity index (χ4n) is 3.21. The van der Waals surface area contributed by atoms with Gasteiger partial charge in [-0.15, -0.1) is 0 Å². The summed E-state index contributed by atoms with van der Waals surface area (Å²) in [6.07, 6.45) is 3.05. The van der Waals surface area contributed by atoms with Gasteiger partial charge in [0, 0.05) is 31.9 Å². The molecule has 3 rings (SSSR count). The lowest BCUT2D eigenvalue weighted by Crippen LogP contribution is -2.44. The number of carbonyl (C=O) groups is 1. The number of hydrogen-bond acceptors (Lipinski definition) is 4. The molecule has 5 heteroatoms. The lowest BCUT2D eigenvalue weighted by Gasteiger charge is -2.32. The largest absolute Gasteiger partial charge is 0.388 e. The van der Waals surface area contributed by atoms with Crippen molar-refractivity contribution in [1.82, 2.24) is 15.2 Å². The standard InChI is InChI=1S/C20H25N3O2/c24-19(16-6-2-1-3-7-16)14-20(25)22-17-9-12-23(13-10-17)15-18-8-4-5-11-21-18/h1-8,11,17,19,24H,9-10,12-15H2,(H,22,25). The van der Waals surface area contributed by atoms with Gasteiger partial charge in [0.2, 0.25) is 5.91 Å². The number of aliphatic hydroxyl groups excluding tert-OH is 1. The number of hydrogen-bond donors (Lipinski definition) is 2. The van der Waals surface area contributed by atoms with Crippen LogP contribution in [-0.2, 0) is 11.3 Å². The van der Waals surface area contributed by atoms with Crippen LogP contribution in [0.4, 0.5) is 0 Å². The third kappa shape index (κ3) is 5.37. The van der Waals surface area contributed by atoms with Gasteiger partial charge in [-0.2, -0.15) is 0 Å². The van der Waals surface area contributed by atoms with Gasteiger partial charge in [-0.25, -0.2) is 0 Å². The second-order valence-corrected chi connectivity index (χ2v) is 6.57. The molecule has 132 valence electrons. The van der Waals surface area contributed by atoms with Crippen LogP contribution in [-0.4, -0.2) is 40.0 Å². The molecule has 2 aromatic rings. The van der Waals surface area contributed by atoms with E-state index >= 15 is 0 Å². The topological polar surface area (TPSA) is 65.5 Å². The van der Waals surface area contributed by atoms with E-state index in [9.17, 15) is 9.90 Å². The second-order valence-electron chi connectivity index (χ2n) is 6.57. The molecule has 1 aromatic heterocycles.